The molecular formula is C16H17FN2O4. The summed E-state index contributed by atoms with van der Waals surface area (Å²) >= 11 is 0. The second-order valence-electron chi connectivity index (χ2n) is 4.93. The van der Waals surface area contributed by atoms with E-state index in [0.717, 1.165) is 0 Å². The maximum Gasteiger partial charge on any atom is 0.309 e. The lowest BCUT2D eigenvalue weighted by Crippen LogP contribution is -2.40. The van der Waals surface area contributed by atoms with Gasteiger partial charge in [0.15, 0.2) is 0 Å². The second-order valence-corrected chi connectivity index (χ2v) is 4.93. The van der Waals surface area contributed by atoms with Crippen molar-refractivity contribution in [1.82, 2.24) is 10.6 Å². The zero-order chi connectivity index (χ0) is 16.7. The number of aliphatic hydroxyl groups is 1. The summed E-state index contributed by atoms with van der Waals surface area (Å²) in [6, 6.07) is 7.23. The first-order chi connectivity index (χ1) is 11.1. The highest BCUT2D eigenvalue weighted by Crippen LogP contribution is 2.15. The van der Waals surface area contributed by atoms with Gasteiger partial charge in [-0.2, -0.15) is 0 Å². The van der Waals surface area contributed by atoms with Crippen molar-refractivity contribution in [1.29, 1.82) is 0 Å². The highest BCUT2D eigenvalue weighted by molar-refractivity contribution is 6.35. The molecule has 0 spiro atoms. The molecule has 1 heterocycles. The molecule has 6 nitrogen and oxygen atoms in total. The summed E-state index contributed by atoms with van der Waals surface area (Å²) in [5.74, 6) is -1.94. The molecule has 0 radical (unpaired) electrons. The number of hydrogen-bond acceptors (Lipinski definition) is 4. The molecule has 0 aliphatic carbocycles. The first kappa shape index (κ1) is 16.7. The highest BCUT2D eigenvalue weighted by Gasteiger charge is 2.14. The van der Waals surface area contributed by atoms with E-state index in [9.17, 15) is 19.1 Å². The molecule has 2 rings (SSSR count). The van der Waals surface area contributed by atoms with E-state index in [-0.39, 0.29) is 25.3 Å². The van der Waals surface area contributed by atoms with Gasteiger partial charge < -0.3 is 20.2 Å². The maximum absolute atomic E-state index is 12.7. The second kappa shape index (κ2) is 8.09. The normalized spacial score (nSPS) is 11.7. The number of carbonyl (C=O) groups excluding carboxylic acids is 2. The Hall–Kier alpha value is -2.67. The molecule has 0 saturated heterocycles. The van der Waals surface area contributed by atoms with Crippen LogP contribution in [0.2, 0.25) is 0 Å². The summed E-state index contributed by atoms with van der Waals surface area (Å²) in [5.41, 5.74) is 1.29. The number of furan rings is 1. The molecule has 0 aliphatic heterocycles. The highest BCUT2D eigenvalue weighted by atomic mass is 19.1. The smallest absolute Gasteiger partial charge is 0.309 e. The predicted octanol–water partition coefficient (Wildman–Crippen LogP) is 1.27. The first-order valence-electron chi connectivity index (χ1n) is 7.07. The summed E-state index contributed by atoms with van der Waals surface area (Å²) in [4.78, 5) is 23.2. The lowest BCUT2D eigenvalue weighted by Gasteiger charge is -2.09. The van der Waals surface area contributed by atoms with Gasteiger partial charge in [-0.3, -0.25) is 9.59 Å². The van der Waals surface area contributed by atoms with Crippen LogP contribution in [0.1, 0.15) is 23.7 Å². The molecule has 0 saturated carbocycles. The van der Waals surface area contributed by atoms with E-state index < -0.39 is 17.9 Å². The lowest BCUT2D eigenvalue weighted by molar-refractivity contribution is -0.139. The lowest BCUT2D eigenvalue weighted by atomic mass is 10.1. The number of hydrogen-bond donors (Lipinski definition) is 3. The topological polar surface area (TPSA) is 91.6 Å². The zero-order valence-electron chi connectivity index (χ0n) is 12.3. The molecule has 0 bridgehead atoms. The summed E-state index contributed by atoms with van der Waals surface area (Å²) in [7, 11) is 0. The van der Waals surface area contributed by atoms with Crippen molar-refractivity contribution >= 4 is 11.8 Å². The Morgan fingerprint density at radius 2 is 1.83 bits per heavy atom. The number of halogens is 1. The van der Waals surface area contributed by atoms with Gasteiger partial charge in [0.25, 0.3) is 0 Å². The predicted molar refractivity (Wildman–Crippen MR) is 79.5 cm³/mol. The van der Waals surface area contributed by atoms with Crippen LogP contribution in [0.5, 0.6) is 0 Å². The van der Waals surface area contributed by atoms with Gasteiger partial charge in [-0.05, 0) is 30.2 Å². The average Bonchev–Trinajstić information content (AvgIpc) is 3.08. The summed E-state index contributed by atoms with van der Waals surface area (Å²) in [6.45, 7) is 0.277. The third-order valence-corrected chi connectivity index (χ3v) is 3.20. The van der Waals surface area contributed by atoms with E-state index in [1.165, 1.54) is 36.8 Å². The minimum absolute atomic E-state index is 0.129. The van der Waals surface area contributed by atoms with Crippen molar-refractivity contribution in [3.63, 3.8) is 0 Å². The van der Waals surface area contributed by atoms with Crippen LogP contribution in [0.25, 0.3) is 0 Å². The molecule has 122 valence electrons. The van der Waals surface area contributed by atoms with Crippen LogP contribution in [0.15, 0.2) is 47.3 Å². The molecule has 2 aromatic rings. The van der Waals surface area contributed by atoms with Crippen molar-refractivity contribution in [3.05, 3.63) is 59.8 Å². The van der Waals surface area contributed by atoms with Crippen LogP contribution < -0.4 is 10.6 Å². The SMILES string of the molecule is O=C(NCC[C@H](O)c1ccoc1)C(=O)NCc1ccc(F)cc1. The van der Waals surface area contributed by atoms with Gasteiger partial charge in [-0.1, -0.05) is 12.1 Å². The Morgan fingerprint density at radius 3 is 2.48 bits per heavy atom. The Kier molecular flexibility index (Phi) is 5.87. The minimum atomic E-state index is -0.786. The number of amides is 2. The van der Waals surface area contributed by atoms with Crippen LogP contribution in [0.4, 0.5) is 4.39 Å². The zero-order valence-corrected chi connectivity index (χ0v) is 12.3. The van der Waals surface area contributed by atoms with Gasteiger partial charge in [0.1, 0.15) is 5.82 Å². The van der Waals surface area contributed by atoms with Crippen LogP contribution in [0.3, 0.4) is 0 Å². The molecule has 1 aromatic heterocycles. The van der Waals surface area contributed by atoms with E-state index in [4.69, 9.17) is 4.42 Å². The largest absolute Gasteiger partial charge is 0.472 e. The Balaban J connectivity index is 1.68. The fraction of sp³-hybridized carbons (Fsp3) is 0.250. The molecule has 0 fully saturated rings. The summed E-state index contributed by atoms with van der Waals surface area (Å²) < 4.78 is 17.6. The molecule has 1 atom stereocenters. The van der Waals surface area contributed by atoms with Crippen molar-refractivity contribution in [3.8, 4) is 0 Å². The van der Waals surface area contributed by atoms with Crippen molar-refractivity contribution in [2.45, 2.75) is 19.1 Å². The molecule has 3 N–H and O–H groups in total. The van der Waals surface area contributed by atoms with Gasteiger partial charge in [0.2, 0.25) is 0 Å². The van der Waals surface area contributed by atoms with Gasteiger partial charge >= 0.3 is 11.8 Å². The Morgan fingerprint density at radius 1 is 1.13 bits per heavy atom. The van der Waals surface area contributed by atoms with Crippen molar-refractivity contribution < 1.29 is 23.5 Å². The monoisotopic (exact) mass is 320 g/mol. The average molecular weight is 320 g/mol. The summed E-state index contributed by atoms with van der Waals surface area (Å²) in [5, 5.41) is 14.6. The fourth-order valence-electron chi connectivity index (χ4n) is 1.90. The van der Waals surface area contributed by atoms with Crippen LogP contribution in [-0.2, 0) is 16.1 Å². The van der Waals surface area contributed by atoms with Crippen LogP contribution in [-0.4, -0.2) is 23.5 Å². The van der Waals surface area contributed by atoms with E-state index in [2.05, 4.69) is 10.6 Å². The first-order valence-corrected chi connectivity index (χ1v) is 7.07. The van der Waals surface area contributed by atoms with Crippen molar-refractivity contribution in [2.24, 2.45) is 0 Å². The van der Waals surface area contributed by atoms with Gasteiger partial charge in [-0.15, -0.1) is 0 Å². The van der Waals surface area contributed by atoms with E-state index >= 15 is 0 Å². The molecule has 0 aliphatic rings. The molecule has 23 heavy (non-hydrogen) atoms. The fourth-order valence-corrected chi connectivity index (χ4v) is 1.90. The molecule has 7 heteroatoms. The van der Waals surface area contributed by atoms with Gasteiger partial charge in [0.05, 0.1) is 18.6 Å². The van der Waals surface area contributed by atoms with Crippen LogP contribution >= 0.6 is 0 Å². The number of aliphatic hydroxyl groups excluding tert-OH is 1. The number of nitrogens with one attached hydrogen (secondary N) is 2. The number of benzene rings is 1. The van der Waals surface area contributed by atoms with E-state index in [1.807, 2.05) is 0 Å². The molecular weight excluding hydrogens is 303 g/mol. The van der Waals surface area contributed by atoms with Gasteiger partial charge in [0, 0.05) is 18.7 Å². The van der Waals surface area contributed by atoms with Gasteiger partial charge in [-0.25, -0.2) is 4.39 Å². The minimum Gasteiger partial charge on any atom is -0.472 e. The number of carbonyl (C=O) groups is 2. The van der Waals surface area contributed by atoms with E-state index in [0.29, 0.717) is 11.1 Å². The number of rotatable bonds is 6. The van der Waals surface area contributed by atoms with Crippen LogP contribution in [0, 0.1) is 5.82 Å². The summed E-state index contributed by atoms with van der Waals surface area (Å²) in [6.07, 6.45) is 2.36. The standard InChI is InChI=1S/C16H17FN2O4/c17-13-3-1-11(2-4-13)9-19-16(22)15(21)18-7-5-14(20)12-6-8-23-10-12/h1-4,6,8,10,14,20H,5,7,9H2,(H,18,21)(H,19,22)/t14-/m0/s1. The third-order valence-electron chi connectivity index (χ3n) is 3.20. The van der Waals surface area contributed by atoms with E-state index in [1.54, 1.807) is 6.07 Å². The quantitative estimate of drug-likeness (QED) is 0.699. The maximum atomic E-state index is 12.7. The Labute approximate surface area is 132 Å². The molecule has 2 amide bonds. The Bertz CT molecular complexity index is 641. The third kappa shape index (κ3) is 5.23. The molecule has 0 unspecified atom stereocenters. The molecule has 1 aromatic carbocycles. The van der Waals surface area contributed by atoms with Crippen molar-refractivity contribution in [2.75, 3.05) is 6.54 Å².